The lowest BCUT2D eigenvalue weighted by molar-refractivity contribution is -0.126. The standard InChI is InChI=1S/C19H32O3/c1-11(20)19(22)9-8-17-16-4-2-12-10-13(21)3-5-14(12)15(16)6-7-18(17)19/h11-18,20-22H,2-10H2,1H3/t11-,12+,13+,14?,15?,16?,17?,18?,19-/m0/s1. The number of aliphatic hydroxyl groups excluding tert-OH is 2. The van der Waals surface area contributed by atoms with E-state index in [9.17, 15) is 15.3 Å². The van der Waals surface area contributed by atoms with Gasteiger partial charge in [-0.3, -0.25) is 0 Å². The van der Waals surface area contributed by atoms with Crippen LogP contribution < -0.4 is 0 Å². The van der Waals surface area contributed by atoms with Crippen molar-refractivity contribution in [3.05, 3.63) is 0 Å². The van der Waals surface area contributed by atoms with Gasteiger partial charge in [-0.05, 0) is 100 Å². The smallest absolute Gasteiger partial charge is 0.0933 e. The Bertz CT molecular complexity index is 423. The molecule has 5 unspecified atom stereocenters. The molecule has 9 atom stereocenters. The fourth-order valence-electron chi connectivity index (χ4n) is 7.08. The minimum atomic E-state index is -0.824. The number of hydrogen-bond acceptors (Lipinski definition) is 3. The van der Waals surface area contributed by atoms with Gasteiger partial charge in [0.2, 0.25) is 0 Å². The topological polar surface area (TPSA) is 60.7 Å². The van der Waals surface area contributed by atoms with Crippen LogP contribution in [0.15, 0.2) is 0 Å². The molecule has 0 spiro atoms. The number of rotatable bonds is 1. The average molecular weight is 308 g/mol. The molecule has 3 heteroatoms. The van der Waals surface area contributed by atoms with Gasteiger partial charge in [0.1, 0.15) is 0 Å². The van der Waals surface area contributed by atoms with Crippen molar-refractivity contribution in [2.75, 3.05) is 0 Å². The molecule has 0 heterocycles. The zero-order chi connectivity index (χ0) is 15.5. The molecule has 4 saturated carbocycles. The predicted octanol–water partition coefficient (Wildman–Crippen LogP) is 2.72. The monoisotopic (exact) mass is 308 g/mol. The highest BCUT2D eigenvalue weighted by atomic mass is 16.3. The summed E-state index contributed by atoms with van der Waals surface area (Å²) in [5.74, 6) is 4.11. The summed E-state index contributed by atoms with van der Waals surface area (Å²) in [5, 5.41) is 31.0. The van der Waals surface area contributed by atoms with E-state index < -0.39 is 11.7 Å². The van der Waals surface area contributed by atoms with Crippen LogP contribution in [0, 0.1) is 35.5 Å². The first-order valence-corrected chi connectivity index (χ1v) is 9.59. The molecular weight excluding hydrogens is 276 g/mol. The average Bonchev–Trinajstić information content (AvgIpc) is 2.85. The third-order valence-electron chi connectivity index (χ3n) is 8.11. The largest absolute Gasteiger partial charge is 0.393 e. The molecule has 0 aromatic rings. The molecule has 0 saturated heterocycles. The summed E-state index contributed by atoms with van der Waals surface area (Å²) in [6.07, 6.45) is 9.37. The summed E-state index contributed by atoms with van der Waals surface area (Å²) in [6.45, 7) is 1.77. The van der Waals surface area contributed by atoms with E-state index in [0.717, 1.165) is 55.8 Å². The zero-order valence-corrected chi connectivity index (χ0v) is 13.8. The van der Waals surface area contributed by atoms with Crippen LogP contribution in [0.3, 0.4) is 0 Å². The van der Waals surface area contributed by atoms with Gasteiger partial charge in [-0.1, -0.05) is 0 Å². The summed E-state index contributed by atoms with van der Waals surface area (Å²) in [5.41, 5.74) is -0.824. The van der Waals surface area contributed by atoms with E-state index in [1.807, 2.05) is 0 Å². The number of hydrogen-bond donors (Lipinski definition) is 3. The molecule has 0 amide bonds. The van der Waals surface area contributed by atoms with Crippen molar-refractivity contribution in [2.24, 2.45) is 35.5 Å². The second-order valence-corrected chi connectivity index (χ2v) is 8.85. The van der Waals surface area contributed by atoms with Gasteiger partial charge in [-0.25, -0.2) is 0 Å². The summed E-state index contributed by atoms with van der Waals surface area (Å²) in [4.78, 5) is 0. The second-order valence-electron chi connectivity index (χ2n) is 8.85. The van der Waals surface area contributed by atoms with Crippen molar-refractivity contribution in [2.45, 2.75) is 82.5 Å². The Balaban J connectivity index is 1.53. The van der Waals surface area contributed by atoms with E-state index >= 15 is 0 Å². The molecule has 22 heavy (non-hydrogen) atoms. The van der Waals surface area contributed by atoms with Gasteiger partial charge in [0.15, 0.2) is 0 Å². The molecule has 4 fully saturated rings. The molecule has 0 bridgehead atoms. The molecule has 0 aromatic heterocycles. The van der Waals surface area contributed by atoms with Crippen LogP contribution in [0.25, 0.3) is 0 Å². The van der Waals surface area contributed by atoms with Crippen LogP contribution >= 0.6 is 0 Å². The fraction of sp³-hybridized carbons (Fsp3) is 1.00. The van der Waals surface area contributed by atoms with Crippen molar-refractivity contribution in [1.82, 2.24) is 0 Å². The van der Waals surface area contributed by atoms with Gasteiger partial charge in [0, 0.05) is 0 Å². The maximum Gasteiger partial charge on any atom is 0.0933 e. The molecule has 4 rings (SSSR count). The predicted molar refractivity (Wildman–Crippen MR) is 85.1 cm³/mol. The fourth-order valence-corrected chi connectivity index (χ4v) is 7.08. The van der Waals surface area contributed by atoms with E-state index in [4.69, 9.17) is 0 Å². The highest BCUT2D eigenvalue weighted by Gasteiger charge is 2.57. The summed E-state index contributed by atoms with van der Waals surface area (Å²) < 4.78 is 0. The minimum absolute atomic E-state index is 0.0547. The normalized spacial score (nSPS) is 55.9. The summed E-state index contributed by atoms with van der Waals surface area (Å²) in [6, 6.07) is 0. The van der Waals surface area contributed by atoms with Crippen LogP contribution in [-0.2, 0) is 0 Å². The first-order valence-electron chi connectivity index (χ1n) is 9.59. The van der Waals surface area contributed by atoms with Crippen LogP contribution in [0.4, 0.5) is 0 Å². The molecule has 3 N–H and O–H groups in total. The molecule has 0 radical (unpaired) electrons. The van der Waals surface area contributed by atoms with Gasteiger partial charge >= 0.3 is 0 Å². The molecule has 4 aliphatic rings. The maximum atomic E-state index is 10.9. The van der Waals surface area contributed by atoms with Crippen molar-refractivity contribution in [3.63, 3.8) is 0 Å². The van der Waals surface area contributed by atoms with E-state index in [1.54, 1.807) is 6.92 Å². The number of aliphatic hydroxyl groups is 3. The Hall–Kier alpha value is -0.120. The van der Waals surface area contributed by atoms with E-state index in [2.05, 4.69) is 0 Å². The van der Waals surface area contributed by atoms with E-state index in [0.29, 0.717) is 11.8 Å². The van der Waals surface area contributed by atoms with Crippen LogP contribution in [0.2, 0.25) is 0 Å². The Labute approximate surface area is 134 Å². The number of fused-ring (bicyclic) bond motifs is 5. The summed E-state index contributed by atoms with van der Waals surface area (Å²) in [7, 11) is 0. The van der Waals surface area contributed by atoms with Gasteiger partial charge in [-0.2, -0.15) is 0 Å². The van der Waals surface area contributed by atoms with Crippen LogP contribution in [0.1, 0.15) is 64.7 Å². The van der Waals surface area contributed by atoms with Crippen molar-refractivity contribution >= 4 is 0 Å². The molecule has 0 aromatic carbocycles. The second kappa shape index (κ2) is 5.46. The SMILES string of the molecule is C[C@H](O)[C@@]1(O)CCC2C3CC[C@@H]4C[C@H](O)CCC4C3CCC21. The van der Waals surface area contributed by atoms with Gasteiger partial charge in [0.25, 0.3) is 0 Å². The molecule has 126 valence electrons. The van der Waals surface area contributed by atoms with E-state index in [-0.39, 0.29) is 6.10 Å². The molecular formula is C19H32O3. The van der Waals surface area contributed by atoms with Crippen LogP contribution in [-0.4, -0.2) is 33.1 Å². The zero-order valence-electron chi connectivity index (χ0n) is 13.8. The first kappa shape index (κ1) is 15.4. The maximum absolute atomic E-state index is 10.9. The third-order valence-corrected chi connectivity index (χ3v) is 8.11. The Kier molecular flexibility index (Phi) is 3.82. The van der Waals surface area contributed by atoms with Crippen molar-refractivity contribution in [1.29, 1.82) is 0 Å². The lowest BCUT2D eigenvalue weighted by Gasteiger charge is -2.53. The van der Waals surface area contributed by atoms with Crippen LogP contribution in [0.5, 0.6) is 0 Å². The van der Waals surface area contributed by atoms with Crippen molar-refractivity contribution in [3.8, 4) is 0 Å². The van der Waals surface area contributed by atoms with E-state index in [1.165, 1.54) is 25.7 Å². The Morgan fingerprint density at radius 2 is 1.55 bits per heavy atom. The Morgan fingerprint density at radius 3 is 2.32 bits per heavy atom. The highest BCUT2D eigenvalue weighted by molar-refractivity contribution is 5.07. The van der Waals surface area contributed by atoms with Gasteiger partial charge < -0.3 is 15.3 Å². The van der Waals surface area contributed by atoms with Gasteiger partial charge in [0.05, 0.1) is 17.8 Å². The molecule has 3 nitrogen and oxygen atoms in total. The lowest BCUT2D eigenvalue weighted by Crippen LogP contribution is -2.51. The quantitative estimate of drug-likeness (QED) is 0.698. The third kappa shape index (κ3) is 2.19. The lowest BCUT2D eigenvalue weighted by atomic mass is 9.53. The minimum Gasteiger partial charge on any atom is -0.393 e. The van der Waals surface area contributed by atoms with Gasteiger partial charge in [-0.15, -0.1) is 0 Å². The molecule has 4 aliphatic carbocycles. The first-order chi connectivity index (χ1) is 10.5. The summed E-state index contributed by atoms with van der Waals surface area (Å²) >= 11 is 0. The van der Waals surface area contributed by atoms with Crippen molar-refractivity contribution < 1.29 is 15.3 Å². The molecule has 0 aliphatic heterocycles. The Morgan fingerprint density at radius 1 is 0.864 bits per heavy atom. The highest BCUT2D eigenvalue weighted by Crippen LogP contribution is 2.60.